The van der Waals surface area contributed by atoms with Crippen LogP contribution in [-0.4, -0.2) is 8.42 Å². The molecule has 0 saturated heterocycles. The van der Waals surface area contributed by atoms with Crippen LogP contribution in [-0.2, 0) is 10.0 Å². The maximum Gasteiger partial charge on any atom is 0.261 e. The molecule has 0 spiro atoms. The molecule has 4 nitrogen and oxygen atoms in total. The lowest BCUT2D eigenvalue weighted by atomic mass is 10.1. The third-order valence-electron chi connectivity index (χ3n) is 3.13. The van der Waals surface area contributed by atoms with Crippen molar-refractivity contribution < 1.29 is 8.42 Å². The fourth-order valence-electron chi connectivity index (χ4n) is 1.88. The summed E-state index contributed by atoms with van der Waals surface area (Å²) in [5.74, 6) is 0. The monoisotopic (exact) mass is 416 g/mol. The van der Waals surface area contributed by atoms with Gasteiger partial charge in [0.05, 0.1) is 4.90 Å². The molecule has 0 fully saturated rings. The zero-order valence-corrected chi connectivity index (χ0v) is 14.6. The van der Waals surface area contributed by atoms with Gasteiger partial charge < -0.3 is 5.73 Å². The molecular weight excluding hydrogens is 399 g/mol. The number of hydrogen-bond donors (Lipinski definition) is 2. The van der Waals surface area contributed by atoms with Crippen LogP contribution in [0.4, 0.5) is 5.69 Å². The van der Waals surface area contributed by atoms with Gasteiger partial charge in [0, 0.05) is 15.3 Å². The first-order valence-electron chi connectivity index (χ1n) is 6.56. The molecule has 0 heterocycles. The maximum absolute atomic E-state index is 12.4. The van der Waals surface area contributed by atoms with Crippen molar-refractivity contribution in [3.8, 4) is 0 Å². The molecule has 2 aromatic carbocycles. The second kappa shape index (κ2) is 6.76. The first-order chi connectivity index (χ1) is 9.92. The Labute approximate surface area is 138 Å². The van der Waals surface area contributed by atoms with Gasteiger partial charge >= 0.3 is 0 Å². The van der Waals surface area contributed by atoms with E-state index in [2.05, 4.69) is 27.3 Å². The van der Waals surface area contributed by atoms with E-state index in [-0.39, 0.29) is 10.9 Å². The summed E-state index contributed by atoms with van der Waals surface area (Å²) in [6, 6.07) is 13.8. The zero-order chi connectivity index (χ0) is 15.5. The molecule has 1 unspecified atom stereocenters. The van der Waals surface area contributed by atoms with E-state index in [0.29, 0.717) is 5.69 Å². The summed E-state index contributed by atoms with van der Waals surface area (Å²) in [7, 11) is -3.60. The Bertz CT molecular complexity index is 715. The number of anilines is 1. The molecule has 0 aliphatic carbocycles. The Hall–Kier alpha value is -1.12. The van der Waals surface area contributed by atoms with E-state index in [0.717, 1.165) is 15.6 Å². The highest BCUT2D eigenvalue weighted by atomic mass is 127. The highest BCUT2D eigenvalue weighted by Crippen LogP contribution is 2.21. The van der Waals surface area contributed by atoms with Gasteiger partial charge in [-0.15, -0.1) is 0 Å². The first kappa shape index (κ1) is 16.3. The number of hydrogen-bond acceptors (Lipinski definition) is 3. The van der Waals surface area contributed by atoms with Crippen molar-refractivity contribution in [3.63, 3.8) is 0 Å². The second-order valence-corrected chi connectivity index (χ2v) is 7.63. The number of halogens is 1. The average Bonchev–Trinajstić information content (AvgIpc) is 2.49. The van der Waals surface area contributed by atoms with E-state index in [9.17, 15) is 8.42 Å². The van der Waals surface area contributed by atoms with E-state index in [1.54, 1.807) is 30.3 Å². The number of benzene rings is 2. The van der Waals surface area contributed by atoms with Gasteiger partial charge in [-0.3, -0.25) is 4.72 Å². The lowest BCUT2D eigenvalue weighted by molar-refractivity contribution is 0.600. The Morgan fingerprint density at radius 1 is 1.19 bits per heavy atom. The molecule has 0 saturated carbocycles. The normalized spacial score (nSPS) is 12.9. The van der Waals surface area contributed by atoms with Crippen LogP contribution < -0.4 is 10.5 Å². The minimum atomic E-state index is -3.60. The summed E-state index contributed by atoms with van der Waals surface area (Å²) >= 11 is 2.17. The molecule has 0 bridgehead atoms. The van der Waals surface area contributed by atoms with Gasteiger partial charge in [0.15, 0.2) is 0 Å². The molecule has 0 radical (unpaired) electrons. The third-order valence-corrected chi connectivity index (χ3v) is 5.23. The van der Waals surface area contributed by atoms with Crippen LogP contribution >= 0.6 is 22.6 Å². The predicted octanol–water partition coefficient (Wildman–Crippen LogP) is 3.50. The van der Waals surface area contributed by atoms with Crippen LogP contribution in [0.1, 0.15) is 24.9 Å². The van der Waals surface area contributed by atoms with Gasteiger partial charge in [0.2, 0.25) is 0 Å². The Morgan fingerprint density at radius 3 is 2.48 bits per heavy atom. The van der Waals surface area contributed by atoms with E-state index in [1.807, 2.05) is 25.1 Å². The van der Waals surface area contributed by atoms with Gasteiger partial charge in [0.25, 0.3) is 10.0 Å². The molecule has 2 aromatic rings. The molecule has 0 aliphatic heterocycles. The average molecular weight is 416 g/mol. The minimum absolute atomic E-state index is 0.154. The molecule has 21 heavy (non-hydrogen) atoms. The zero-order valence-electron chi connectivity index (χ0n) is 11.6. The molecule has 0 aliphatic rings. The van der Waals surface area contributed by atoms with Crippen molar-refractivity contribution in [2.45, 2.75) is 24.3 Å². The van der Waals surface area contributed by atoms with Crippen molar-refractivity contribution in [2.75, 3.05) is 4.72 Å². The van der Waals surface area contributed by atoms with Gasteiger partial charge in [-0.2, -0.15) is 0 Å². The molecule has 0 amide bonds. The van der Waals surface area contributed by atoms with Crippen LogP contribution in [0.2, 0.25) is 0 Å². The summed E-state index contributed by atoms with van der Waals surface area (Å²) in [5, 5.41) is 0. The Morgan fingerprint density at radius 2 is 1.86 bits per heavy atom. The van der Waals surface area contributed by atoms with Crippen LogP contribution in [0, 0.1) is 3.57 Å². The lowest BCUT2D eigenvalue weighted by Crippen LogP contribution is -2.14. The number of nitrogens with two attached hydrogens (primary N) is 1. The maximum atomic E-state index is 12.4. The quantitative estimate of drug-likeness (QED) is 0.733. The minimum Gasteiger partial charge on any atom is -0.324 e. The van der Waals surface area contributed by atoms with Crippen LogP contribution in [0.3, 0.4) is 0 Å². The Kier molecular flexibility index (Phi) is 5.23. The van der Waals surface area contributed by atoms with E-state index < -0.39 is 10.0 Å². The smallest absolute Gasteiger partial charge is 0.261 e. The lowest BCUT2D eigenvalue weighted by Gasteiger charge is -2.12. The molecule has 1 atom stereocenters. The molecule has 112 valence electrons. The summed E-state index contributed by atoms with van der Waals surface area (Å²) in [6.07, 6.45) is 0.758. The molecule has 6 heteroatoms. The summed E-state index contributed by atoms with van der Waals surface area (Å²) in [5.41, 5.74) is 7.32. The molecule has 3 N–H and O–H groups in total. The number of sulfonamides is 1. The van der Waals surface area contributed by atoms with Crippen molar-refractivity contribution in [1.29, 1.82) is 0 Å². The fraction of sp³-hybridized carbons (Fsp3) is 0.200. The molecule has 2 rings (SSSR count). The highest BCUT2D eigenvalue weighted by molar-refractivity contribution is 14.1. The van der Waals surface area contributed by atoms with Gasteiger partial charge in [-0.1, -0.05) is 19.1 Å². The van der Waals surface area contributed by atoms with Crippen molar-refractivity contribution in [1.82, 2.24) is 0 Å². The molecule has 0 aromatic heterocycles. The van der Waals surface area contributed by atoms with E-state index >= 15 is 0 Å². The van der Waals surface area contributed by atoms with Gasteiger partial charge in [-0.05, 0) is 71.0 Å². The summed E-state index contributed by atoms with van der Waals surface area (Å²) in [4.78, 5) is 0.224. The topological polar surface area (TPSA) is 72.2 Å². The molecular formula is C15H17IN2O2S. The SMILES string of the molecule is CCC(N)c1cccc(S(=O)(=O)Nc2ccc(I)cc2)c1. The Balaban J connectivity index is 2.29. The van der Waals surface area contributed by atoms with Gasteiger partial charge in [0.1, 0.15) is 0 Å². The van der Waals surface area contributed by atoms with E-state index in [4.69, 9.17) is 5.73 Å². The largest absolute Gasteiger partial charge is 0.324 e. The summed E-state index contributed by atoms with van der Waals surface area (Å²) < 4.78 is 28.4. The van der Waals surface area contributed by atoms with Crippen molar-refractivity contribution in [2.24, 2.45) is 5.73 Å². The van der Waals surface area contributed by atoms with Crippen LogP contribution in [0.15, 0.2) is 53.4 Å². The number of rotatable bonds is 5. The van der Waals surface area contributed by atoms with E-state index in [1.165, 1.54) is 0 Å². The highest BCUT2D eigenvalue weighted by Gasteiger charge is 2.15. The van der Waals surface area contributed by atoms with Crippen molar-refractivity contribution in [3.05, 3.63) is 57.7 Å². The second-order valence-electron chi connectivity index (χ2n) is 4.70. The first-order valence-corrected chi connectivity index (χ1v) is 9.12. The van der Waals surface area contributed by atoms with Crippen LogP contribution in [0.25, 0.3) is 0 Å². The van der Waals surface area contributed by atoms with Crippen LogP contribution in [0.5, 0.6) is 0 Å². The standard InChI is InChI=1S/C15H17IN2O2S/c1-2-15(17)11-4-3-5-14(10-11)21(19,20)18-13-8-6-12(16)7-9-13/h3-10,15,18H,2,17H2,1H3. The van der Waals surface area contributed by atoms with Crippen molar-refractivity contribution >= 4 is 38.3 Å². The third kappa shape index (κ3) is 4.18. The summed E-state index contributed by atoms with van der Waals surface area (Å²) in [6.45, 7) is 1.97. The van der Waals surface area contributed by atoms with Gasteiger partial charge in [-0.25, -0.2) is 8.42 Å². The fourth-order valence-corrected chi connectivity index (χ4v) is 3.35. The number of nitrogens with one attached hydrogen (secondary N) is 1. The predicted molar refractivity (Wildman–Crippen MR) is 93.6 cm³/mol.